The number of imidazole rings is 1. The number of hydrogen-bond acceptors (Lipinski definition) is 6. The van der Waals surface area contributed by atoms with Gasteiger partial charge >= 0.3 is 12.4 Å². The zero-order valence-electron chi connectivity index (χ0n) is 26.0. The number of amides is 2. The molecular weight excluding hydrogens is 672 g/mol. The van der Waals surface area contributed by atoms with Gasteiger partial charge in [0.1, 0.15) is 34.9 Å². The zero-order valence-corrected chi connectivity index (χ0v) is 26.0. The van der Waals surface area contributed by atoms with Crippen LogP contribution in [0.2, 0.25) is 0 Å². The summed E-state index contributed by atoms with van der Waals surface area (Å²) in [5.41, 5.74) is -4.39. The van der Waals surface area contributed by atoms with Crippen LogP contribution in [0.1, 0.15) is 27.3 Å². The number of ether oxygens (including phenoxy) is 1. The van der Waals surface area contributed by atoms with Gasteiger partial charge < -0.3 is 29.2 Å². The number of nitrogens with zero attached hydrogens (tertiary/aromatic N) is 4. The van der Waals surface area contributed by atoms with Crippen molar-refractivity contribution < 1.29 is 49.4 Å². The molecule has 0 spiro atoms. The molecule has 0 unspecified atom stereocenters. The second-order valence-electron chi connectivity index (χ2n) is 11.3. The van der Waals surface area contributed by atoms with Crippen LogP contribution in [-0.4, -0.2) is 70.8 Å². The summed E-state index contributed by atoms with van der Waals surface area (Å²) in [6.45, 7) is 0.118. The molecule has 2 amide bonds. The van der Waals surface area contributed by atoms with Crippen LogP contribution in [0, 0.1) is 18.6 Å². The van der Waals surface area contributed by atoms with Gasteiger partial charge in [0.15, 0.2) is 0 Å². The number of aromatic nitrogens is 3. The van der Waals surface area contributed by atoms with Crippen molar-refractivity contribution in [1.29, 1.82) is 0 Å². The van der Waals surface area contributed by atoms with Crippen molar-refractivity contribution in [2.45, 2.75) is 37.8 Å². The van der Waals surface area contributed by atoms with Crippen LogP contribution in [0.3, 0.4) is 0 Å². The SMILES string of the molecule is CNC(=O)[C@H](Cc1ccc(-c2c(C(F)(F)F)cc(C)n(C)c2=O)c2nccn12)NC(=O)c1c(F)cc(N2CCOC[C@@H]2C(F)(F)F)cc1F. The zero-order chi connectivity index (χ0) is 36.0. The van der Waals surface area contributed by atoms with Crippen molar-refractivity contribution in [2.24, 2.45) is 7.05 Å². The average molecular weight is 701 g/mol. The van der Waals surface area contributed by atoms with Crippen LogP contribution in [0.15, 0.2) is 47.5 Å². The van der Waals surface area contributed by atoms with E-state index in [2.05, 4.69) is 15.6 Å². The molecule has 18 heteroatoms. The van der Waals surface area contributed by atoms with Gasteiger partial charge in [0.2, 0.25) is 5.91 Å². The monoisotopic (exact) mass is 700 g/mol. The number of pyridine rings is 2. The van der Waals surface area contributed by atoms with E-state index in [-0.39, 0.29) is 42.2 Å². The van der Waals surface area contributed by atoms with Crippen LogP contribution in [0.4, 0.5) is 40.8 Å². The van der Waals surface area contributed by atoms with Crippen molar-refractivity contribution in [3.8, 4) is 11.1 Å². The Balaban J connectivity index is 1.48. The van der Waals surface area contributed by atoms with Crippen molar-refractivity contribution in [2.75, 3.05) is 31.7 Å². The lowest BCUT2D eigenvalue weighted by Gasteiger charge is -2.38. The molecule has 3 aromatic heterocycles. The molecule has 10 nitrogen and oxygen atoms in total. The molecule has 1 aromatic carbocycles. The Hall–Kier alpha value is -5.00. The van der Waals surface area contributed by atoms with E-state index in [1.165, 1.54) is 49.9 Å². The Kier molecular flexibility index (Phi) is 9.46. The molecule has 4 aromatic rings. The number of alkyl halides is 6. The van der Waals surface area contributed by atoms with Gasteiger partial charge in [-0.1, -0.05) is 0 Å². The van der Waals surface area contributed by atoms with Crippen molar-refractivity contribution in [3.05, 3.63) is 87.2 Å². The van der Waals surface area contributed by atoms with E-state index >= 15 is 8.78 Å². The Morgan fingerprint density at radius 3 is 2.37 bits per heavy atom. The number of anilines is 1. The highest BCUT2D eigenvalue weighted by atomic mass is 19.4. The first-order chi connectivity index (χ1) is 22.9. The highest BCUT2D eigenvalue weighted by Crippen LogP contribution is 2.37. The Bertz CT molecular complexity index is 1960. The smallest absolute Gasteiger partial charge is 0.377 e. The summed E-state index contributed by atoms with van der Waals surface area (Å²) >= 11 is 0. The summed E-state index contributed by atoms with van der Waals surface area (Å²) < 4.78 is 120. The number of fused-ring (bicyclic) bond motifs is 1. The average Bonchev–Trinajstić information content (AvgIpc) is 3.53. The minimum Gasteiger partial charge on any atom is -0.377 e. The maximum atomic E-state index is 15.2. The van der Waals surface area contributed by atoms with Gasteiger partial charge in [-0.3, -0.25) is 14.4 Å². The van der Waals surface area contributed by atoms with Crippen LogP contribution in [-0.2, 0) is 29.2 Å². The molecule has 0 saturated carbocycles. The molecule has 1 aliphatic heterocycles. The number of likely N-dealkylation sites (N-methyl/N-ethyl adjacent to an activating group) is 1. The number of benzene rings is 1. The molecule has 1 saturated heterocycles. The molecule has 4 heterocycles. The Labute approximate surface area is 272 Å². The summed E-state index contributed by atoms with van der Waals surface area (Å²) in [7, 11) is 2.54. The lowest BCUT2D eigenvalue weighted by atomic mass is 9.99. The van der Waals surface area contributed by atoms with Crippen LogP contribution >= 0.6 is 0 Å². The van der Waals surface area contributed by atoms with E-state index < -0.39 is 82.4 Å². The number of hydrogen-bond donors (Lipinski definition) is 2. The molecule has 5 rings (SSSR count). The predicted octanol–water partition coefficient (Wildman–Crippen LogP) is 4.16. The van der Waals surface area contributed by atoms with Crippen molar-refractivity contribution in [3.63, 3.8) is 0 Å². The van der Waals surface area contributed by atoms with Gasteiger partial charge in [-0.2, -0.15) is 26.3 Å². The van der Waals surface area contributed by atoms with Crippen molar-refractivity contribution in [1.82, 2.24) is 24.6 Å². The van der Waals surface area contributed by atoms with Crippen LogP contribution in [0.25, 0.3) is 16.8 Å². The van der Waals surface area contributed by atoms with Gasteiger partial charge in [0.25, 0.3) is 11.5 Å². The fourth-order valence-electron chi connectivity index (χ4n) is 5.68. The Morgan fingerprint density at radius 2 is 1.76 bits per heavy atom. The van der Waals surface area contributed by atoms with Gasteiger partial charge in [0, 0.05) is 62.1 Å². The summed E-state index contributed by atoms with van der Waals surface area (Å²) in [6.07, 6.45) is -7.46. The topological polar surface area (TPSA) is 110 Å². The molecule has 1 aliphatic rings. The van der Waals surface area contributed by atoms with E-state index in [0.717, 1.165) is 15.5 Å². The van der Waals surface area contributed by atoms with E-state index in [0.29, 0.717) is 12.1 Å². The van der Waals surface area contributed by atoms with Crippen LogP contribution in [0.5, 0.6) is 0 Å². The quantitative estimate of drug-likeness (QED) is 0.281. The maximum Gasteiger partial charge on any atom is 0.417 e. The maximum absolute atomic E-state index is 15.2. The highest BCUT2D eigenvalue weighted by Gasteiger charge is 2.46. The lowest BCUT2D eigenvalue weighted by Crippen LogP contribution is -2.53. The fourth-order valence-corrected chi connectivity index (χ4v) is 5.68. The fraction of sp³-hybridized carbons (Fsp3) is 0.355. The molecule has 2 N–H and O–H groups in total. The third-order valence-electron chi connectivity index (χ3n) is 8.25. The largest absolute Gasteiger partial charge is 0.417 e. The molecule has 0 aliphatic carbocycles. The molecule has 2 atom stereocenters. The van der Waals surface area contributed by atoms with Gasteiger partial charge in [0.05, 0.1) is 24.3 Å². The van der Waals surface area contributed by atoms with Gasteiger partial charge in [-0.05, 0) is 37.3 Å². The molecule has 49 heavy (non-hydrogen) atoms. The first-order valence-electron chi connectivity index (χ1n) is 14.6. The summed E-state index contributed by atoms with van der Waals surface area (Å²) in [4.78, 5) is 43.9. The molecule has 262 valence electrons. The van der Waals surface area contributed by atoms with Crippen molar-refractivity contribution >= 4 is 23.1 Å². The Morgan fingerprint density at radius 1 is 1.08 bits per heavy atom. The van der Waals surface area contributed by atoms with E-state index in [1.807, 2.05) is 0 Å². The molecule has 1 fully saturated rings. The number of halogens is 8. The predicted molar refractivity (Wildman–Crippen MR) is 159 cm³/mol. The summed E-state index contributed by atoms with van der Waals surface area (Å²) in [5, 5.41) is 4.53. The second kappa shape index (κ2) is 13.1. The van der Waals surface area contributed by atoms with E-state index in [1.54, 1.807) is 0 Å². The lowest BCUT2D eigenvalue weighted by molar-refractivity contribution is -0.167. The van der Waals surface area contributed by atoms with Gasteiger partial charge in [-0.25, -0.2) is 13.8 Å². The van der Waals surface area contributed by atoms with E-state index in [9.17, 15) is 40.7 Å². The first kappa shape index (κ1) is 35.3. The number of morpholine rings is 1. The molecule has 0 bridgehead atoms. The first-order valence-corrected chi connectivity index (χ1v) is 14.6. The normalized spacial score (nSPS) is 16.1. The number of carbonyl (C=O) groups excluding carboxylic acids is 2. The van der Waals surface area contributed by atoms with Crippen LogP contribution < -0.4 is 21.1 Å². The highest BCUT2D eigenvalue weighted by molar-refractivity contribution is 5.98. The summed E-state index contributed by atoms with van der Waals surface area (Å²) in [5.74, 6) is -5.20. The summed E-state index contributed by atoms with van der Waals surface area (Å²) in [6, 6.07) is 0.809. The number of rotatable bonds is 7. The third kappa shape index (κ3) is 6.81. The minimum absolute atomic E-state index is 0.0651. The number of aryl methyl sites for hydroxylation is 1. The van der Waals surface area contributed by atoms with E-state index in [4.69, 9.17) is 4.74 Å². The molecular formula is C31H28F8N6O4. The number of nitrogens with one attached hydrogen (secondary N) is 2. The second-order valence-corrected chi connectivity index (χ2v) is 11.3. The third-order valence-corrected chi connectivity index (χ3v) is 8.25. The standard InChI is InChI=1S/C31H28F8N6O4/c1-15-10-19(30(34,35)36)24(29(48)43(15)3)18-5-4-16(45-7-6-41-26(18)45)13-22(27(46)40-2)42-28(47)25-20(32)11-17(12-21(25)33)44-8-9-49-14-23(44)31(37,38)39/h4-7,10-12,22-23H,8-9,13-14H2,1-3H3,(H,40,46)(H,42,47)/t22-,23+/m0/s1. The number of carbonyl (C=O) groups is 2. The minimum atomic E-state index is -4.89. The molecule has 0 radical (unpaired) electrons. The van der Waals surface area contributed by atoms with Gasteiger partial charge in [-0.15, -0.1) is 0 Å².